The lowest BCUT2D eigenvalue weighted by atomic mass is 10.0. The standard InChI is InChI=1S/C25H24N4/c1-3-8-19(9-4-1)17-29-15-14-23(18-29)25-26-24(27-28-25)22-13-7-12-21(16-22)20-10-5-2-6-11-20/h1-13,16,23H,14-15,17-18H2,(H,26,27,28). The number of rotatable bonds is 5. The van der Waals surface area contributed by atoms with Crippen molar-refractivity contribution in [2.45, 2.75) is 18.9 Å². The van der Waals surface area contributed by atoms with Crippen LogP contribution in [0.3, 0.4) is 0 Å². The first kappa shape index (κ1) is 17.8. The maximum atomic E-state index is 4.85. The Morgan fingerprint density at radius 3 is 2.38 bits per heavy atom. The molecule has 0 aliphatic carbocycles. The minimum Gasteiger partial charge on any atom is -0.298 e. The SMILES string of the molecule is c1ccc(CN2CCC(c3n[nH]c(-c4cccc(-c5ccccc5)c4)n3)C2)cc1. The lowest BCUT2D eigenvalue weighted by molar-refractivity contribution is 0.326. The molecule has 1 N–H and O–H groups in total. The third-order valence-corrected chi connectivity index (χ3v) is 5.63. The number of aromatic amines is 1. The van der Waals surface area contributed by atoms with Gasteiger partial charge in [-0.05, 0) is 35.7 Å². The zero-order valence-electron chi connectivity index (χ0n) is 16.3. The van der Waals surface area contributed by atoms with Gasteiger partial charge in [0, 0.05) is 24.6 Å². The van der Waals surface area contributed by atoms with Gasteiger partial charge in [-0.2, -0.15) is 5.10 Å². The molecule has 2 heterocycles. The molecule has 0 spiro atoms. The van der Waals surface area contributed by atoms with E-state index in [9.17, 15) is 0 Å². The van der Waals surface area contributed by atoms with Gasteiger partial charge in [0.2, 0.25) is 0 Å². The smallest absolute Gasteiger partial charge is 0.155 e. The van der Waals surface area contributed by atoms with Crippen LogP contribution in [0.15, 0.2) is 84.9 Å². The lowest BCUT2D eigenvalue weighted by Gasteiger charge is -2.15. The third kappa shape index (κ3) is 3.98. The normalized spacial score (nSPS) is 16.9. The molecule has 0 saturated carbocycles. The molecule has 1 aliphatic heterocycles. The van der Waals surface area contributed by atoms with Crippen LogP contribution in [0.1, 0.15) is 23.7 Å². The molecule has 1 unspecified atom stereocenters. The summed E-state index contributed by atoms with van der Waals surface area (Å²) < 4.78 is 0. The summed E-state index contributed by atoms with van der Waals surface area (Å²) in [6.07, 6.45) is 1.11. The average molecular weight is 380 g/mol. The van der Waals surface area contributed by atoms with E-state index in [1.54, 1.807) is 0 Å². The highest BCUT2D eigenvalue weighted by Gasteiger charge is 2.27. The number of hydrogen-bond donors (Lipinski definition) is 1. The molecule has 0 bridgehead atoms. The molecule has 0 radical (unpaired) electrons. The molecule has 4 aromatic rings. The molecule has 4 nitrogen and oxygen atoms in total. The Balaban J connectivity index is 1.30. The van der Waals surface area contributed by atoms with Crippen molar-refractivity contribution in [1.29, 1.82) is 0 Å². The van der Waals surface area contributed by atoms with Crippen molar-refractivity contribution < 1.29 is 0 Å². The van der Waals surface area contributed by atoms with Crippen molar-refractivity contribution in [3.63, 3.8) is 0 Å². The van der Waals surface area contributed by atoms with Gasteiger partial charge < -0.3 is 0 Å². The fraction of sp³-hybridized carbons (Fsp3) is 0.200. The molecule has 29 heavy (non-hydrogen) atoms. The summed E-state index contributed by atoms with van der Waals surface area (Å²) in [5.74, 6) is 2.17. The van der Waals surface area contributed by atoms with Gasteiger partial charge in [0.05, 0.1) is 0 Å². The predicted octanol–water partition coefficient (Wildman–Crippen LogP) is 5.13. The van der Waals surface area contributed by atoms with Gasteiger partial charge in [0.1, 0.15) is 0 Å². The summed E-state index contributed by atoms with van der Waals surface area (Å²) in [5.41, 5.74) is 4.84. The maximum absolute atomic E-state index is 4.85. The first-order valence-electron chi connectivity index (χ1n) is 10.2. The van der Waals surface area contributed by atoms with E-state index in [4.69, 9.17) is 4.98 Å². The van der Waals surface area contributed by atoms with E-state index in [-0.39, 0.29) is 0 Å². The van der Waals surface area contributed by atoms with Gasteiger partial charge in [-0.1, -0.05) is 78.9 Å². The minimum atomic E-state index is 0.390. The second-order valence-electron chi connectivity index (χ2n) is 7.70. The number of hydrogen-bond acceptors (Lipinski definition) is 3. The van der Waals surface area contributed by atoms with Crippen LogP contribution in [-0.4, -0.2) is 33.2 Å². The molecule has 1 atom stereocenters. The summed E-state index contributed by atoms with van der Waals surface area (Å²) in [6, 6.07) is 29.6. The molecule has 5 rings (SSSR count). The molecule has 3 aromatic carbocycles. The van der Waals surface area contributed by atoms with Crippen LogP contribution in [0.2, 0.25) is 0 Å². The maximum Gasteiger partial charge on any atom is 0.155 e. The zero-order chi connectivity index (χ0) is 19.5. The van der Waals surface area contributed by atoms with E-state index in [1.807, 2.05) is 6.07 Å². The first-order valence-corrected chi connectivity index (χ1v) is 10.2. The highest BCUT2D eigenvalue weighted by molar-refractivity contribution is 5.70. The van der Waals surface area contributed by atoms with Gasteiger partial charge in [-0.25, -0.2) is 4.98 Å². The lowest BCUT2D eigenvalue weighted by Crippen LogP contribution is -2.19. The van der Waals surface area contributed by atoms with Gasteiger partial charge >= 0.3 is 0 Å². The number of nitrogens with one attached hydrogen (secondary N) is 1. The molecule has 1 saturated heterocycles. The van der Waals surface area contributed by atoms with E-state index in [1.165, 1.54) is 16.7 Å². The number of benzene rings is 3. The van der Waals surface area contributed by atoms with Crippen LogP contribution in [0.4, 0.5) is 0 Å². The highest BCUT2D eigenvalue weighted by Crippen LogP contribution is 2.28. The Morgan fingerprint density at radius 2 is 1.55 bits per heavy atom. The molecule has 144 valence electrons. The van der Waals surface area contributed by atoms with E-state index < -0.39 is 0 Å². The summed E-state index contributed by atoms with van der Waals surface area (Å²) in [4.78, 5) is 7.34. The summed E-state index contributed by atoms with van der Waals surface area (Å²) in [5, 5.41) is 7.72. The highest BCUT2D eigenvalue weighted by atomic mass is 15.2. The van der Waals surface area contributed by atoms with Crippen molar-refractivity contribution in [1.82, 2.24) is 20.1 Å². The molecule has 0 amide bonds. The number of aromatic nitrogens is 3. The van der Waals surface area contributed by atoms with Gasteiger partial charge in [-0.3, -0.25) is 10.00 Å². The number of H-pyrrole nitrogens is 1. The Bertz CT molecular complexity index is 1070. The monoisotopic (exact) mass is 380 g/mol. The largest absolute Gasteiger partial charge is 0.298 e. The third-order valence-electron chi connectivity index (χ3n) is 5.63. The fourth-order valence-corrected chi connectivity index (χ4v) is 4.09. The van der Waals surface area contributed by atoms with Crippen molar-refractivity contribution in [2.24, 2.45) is 0 Å². The second kappa shape index (κ2) is 8.02. The van der Waals surface area contributed by atoms with Crippen LogP contribution in [0.25, 0.3) is 22.5 Å². The van der Waals surface area contributed by atoms with Crippen molar-refractivity contribution >= 4 is 0 Å². The summed E-state index contributed by atoms with van der Waals surface area (Å²) in [7, 11) is 0. The van der Waals surface area contributed by atoms with Crippen molar-refractivity contribution in [3.8, 4) is 22.5 Å². The van der Waals surface area contributed by atoms with Crippen LogP contribution < -0.4 is 0 Å². The Hall–Kier alpha value is -3.24. The summed E-state index contributed by atoms with van der Waals surface area (Å²) in [6.45, 7) is 3.09. The Morgan fingerprint density at radius 1 is 0.828 bits per heavy atom. The topological polar surface area (TPSA) is 44.8 Å². The van der Waals surface area contributed by atoms with Gasteiger partial charge in [0.15, 0.2) is 11.6 Å². The fourth-order valence-electron chi connectivity index (χ4n) is 4.09. The van der Waals surface area contributed by atoms with Crippen molar-refractivity contribution in [3.05, 3.63) is 96.3 Å². The van der Waals surface area contributed by atoms with Crippen molar-refractivity contribution in [2.75, 3.05) is 13.1 Å². The molecule has 1 aliphatic rings. The molecular weight excluding hydrogens is 356 g/mol. The van der Waals surface area contributed by atoms with E-state index in [2.05, 4.69) is 94.0 Å². The molecular formula is C25H24N4. The Kier molecular flexibility index (Phi) is 4.93. The Labute approximate surface area is 171 Å². The number of nitrogens with zero attached hydrogens (tertiary/aromatic N) is 3. The number of likely N-dealkylation sites (tertiary alicyclic amines) is 1. The quantitative estimate of drug-likeness (QED) is 0.522. The van der Waals surface area contributed by atoms with E-state index in [0.717, 1.165) is 43.3 Å². The van der Waals surface area contributed by atoms with Crippen LogP contribution in [0, 0.1) is 0 Å². The average Bonchev–Trinajstić information content (AvgIpc) is 3.45. The predicted molar refractivity (Wildman–Crippen MR) is 116 cm³/mol. The van der Waals surface area contributed by atoms with Crippen LogP contribution in [0.5, 0.6) is 0 Å². The van der Waals surface area contributed by atoms with E-state index in [0.29, 0.717) is 5.92 Å². The van der Waals surface area contributed by atoms with Gasteiger partial charge in [0.25, 0.3) is 0 Å². The van der Waals surface area contributed by atoms with E-state index >= 15 is 0 Å². The van der Waals surface area contributed by atoms with Crippen LogP contribution >= 0.6 is 0 Å². The van der Waals surface area contributed by atoms with Gasteiger partial charge in [-0.15, -0.1) is 0 Å². The summed E-state index contributed by atoms with van der Waals surface area (Å²) >= 11 is 0. The molecule has 1 aromatic heterocycles. The zero-order valence-corrected chi connectivity index (χ0v) is 16.3. The molecule has 1 fully saturated rings. The molecule has 4 heteroatoms. The first-order chi connectivity index (χ1) is 14.3. The van der Waals surface area contributed by atoms with Crippen LogP contribution in [-0.2, 0) is 6.54 Å². The second-order valence-corrected chi connectivity index (χ2v) is 7.70. The minimum absolute atomic E-state index is 0.390.